The van der Waals surface area contributed by atoms with Gasteiger partial charge < -0.3 is 24.0 Å². The van der Waals surface area contributed by atoms with Crippen molar-refractivity contribution >= 4 is 17.5 Å². The van der Waals surface area contributed by atoms with E-state index in [9.17, 15) is 4.79 Å². The van der Waals surface area contributed by atoms with Gasteiger partial charge in [0.15, 0.2) is 11.5 Å². The Kier molecular flexibility index (Phi) is 7.07. The quantitative estimate of drug-likeness (QED) is 0.381. The van der Waals surface area contributed by atoms with Crippen LogP contribution in [0.4, 0.5) is 5.82 Å². The van der Waals surface area contributed by atoms with Crippen LogP contribution < -0.4 is 19.1 Å². The zero-order valence-corrected chi connectivity index (χ0v) is 21.3. The summed E-state index contributed by atoms with van der Waals surface area (Å²) in [5.74, 6) is 3.60. The molecule has 1 aliphatic rings. The Morgan fingerprint density at radius 1 is 0.892 bits per heavy atom. The number of fused-ring (bicyclic) bond motifs is 1. The molecule has 37 heavy (non-hydrogen) atoms. The van der Waals surface area contributed by atoms with Crippen molar-refractivity contribution in [2.24, 2.45) is 0 Å². The predicted molar refractivity (Wildman–Crippen MR) is 139 cm³/mol. The van der Waals surface area contributed by atoms with E-state index < -0.39 is 0 Å². The number of methoxy groups -OCH3 is 3. The number of carbonyl (C=O) groups excluding carboxylic acids is 1. The van der Waals surface area contributed by atoms with Gasteiger partial charge in [-0.1, -0.05) is 18.2 Å². The summed E-state index contributed by atoms with van der Waals surface area (Å²) in [5, 5.41) is 4.46. The Hall–Kier alpha value is -4.34. The summed E-state index contributed by atoms with van der Waals surface area (Å²) in [6, 6.07) is 13.5. The van der Waals surface area contributed by atoms with Crippen molar-refractivity contribution < 1.29 is 19.0 Å². The minimum Gasteiger partial charge on any atom is -0.497 e. The van der Waals surface area contributed by atoms with E-state index in [1.165, 1.54) is 6.33 Å². The Labute approximate surface area is 215 Å². The molecule has 5 rings (SSSR count). The summed E-state index contributed by atoms with van der Waals surface area (Å²) in [7, 11) is 4.85. The number of benzene rings is 2. The van der Waals surface area contributed by atoms with E-state index in [4.69, 9.17) is 14.2 Å². The van der Waals surface area contributed by atoms with Crippen molar-refractivity contribution in [1.82, 2.24) is 24.5 Å². The van der Waals surface area contributed by atoms with Crippen LogP contribution in [-0.4, -0.2) is 77.9 Å². The standard InChI is InChI=1S/C27H30N6O4/c1-35-21-8-6-20(7-9-21)22-17-28-27-29-18-30-33(27)26(22)32-12-4-11-31(13-14-32)25(34)16-19-5-10-23(36-2)24(15-19)37-3/h5-10,15,17-18H,4,11-14,16H2,1-3H3. The lowest BCUT2D eigenvalue weighted by atomic mass is 10.1. The third-order valence-electron chi connectivity index (χ3n) is 6.63. The summed E-state index contributed by atoms with van der Waals surface area (Å²) in [5.41, 5.74) is 2.85. The van der Waals surface area contributed by atoms with Crippen molar-refractivity contribution in [3.05, 3.63) is 60.6 Å². The molecule has 3 heterocycles. The molecule has 0 N–H and O–H groups in total. The second-order valence-electron chi connectivity index (χ2n) is 8.78. The Balaban J connectivity index is 1.37. The van der Waals surface area contributed by atoms with Gasteiger partial charge in [-0.3, -0.25) is 4.79 Å². The maximum Gasteiger partial charge on any atom is 0.254 e. The maximum absolute atomic E-state index is 13.2. The van der Waals surface area contributed by atoms with Crippen molar-refractivity contribution in [1.29, 1.82) is 0 Å². The van der Waals surface area contributed by atoms with Crippen molar-refractivity contribution in [2.45, 2.75) is 12.8 Å². The fourth-order valence-corrected chi connectivity index (χ4v) is 4.70. The first-order valence-electron chi connectivity index (χ1n) is 12.2. The fourth-order valence-electron chi connectivity index (χ4n) is 4.70. The molecule has 0 bridgehead atoms. The molecule has 0 unspecified atom stereocenters. The molecule has 10 heteroatoms. The number of amides is 1. The van der Waals surface area contributed by atoms with E-state index in [1.807, 2.05) is 53.6 Å². The number of rotatable bonds is 7. The number of carbonyl (C=O) groups is 1. The number of ether oxygens (including phenoxy) is 3. The van der Waals surface area contributed by atoms with Gasteiger partial charge in [0.25, 0.3) is 5.78 Å². The van der Waals surface area contributed by atoms with Gasteiger partial charge in [-0.05, 0) is 41.8 Å². The molecule has 192 valence electrons. The zero-order chi connectivity index (χ0) is 25.8. The van der Waals surface area contributed by atoms with Crippen LogP contribution in [0.3, 0.4) is 0 Å². The number of anilines is 1. The lowest BCUT2D eigenvalue weighted by Gasteiger charge is -2.26. The van der Waals surface area contributed by atoms with Gasteiger partial charge in [-0.2, -0.15) is 14.6 Å². The van der Waals surface area contributed by atoms with Crippen LogP contribution in [0.5, 0.6) is 17.2 Å². The molecule has 10 nitrogen and oxygen atoms in total. The first-order valence-corrected chi connectivity index (χ1v) is 12.2. The van der Waals surface area contributed by atoms with E-state index >= 15 is 0 Å². The topological polar surface area (TPSA) is 94.3 Å². The molecular formula is C27H30N6O4. The first-order chi connectivity index (χ1) is 18.1. The van der Waals surface area contributed by atoms with Crippen LogP contribution in [-0.2, 0) is 11.2 Å². The second kappa shape index (κ2) is 10.7. The minimum absolute atomic E-state index is 0.0880. The van der Waals surface area contributed by atoms with E-state index in [1.54, 1.807) is 25.8 Å². The normalized spacial score (nSPS) is 13.9. The van der Waals surface area contributed by atoms with Crippen LogP contribution >= 0.6 is 0 Å². The molecular weight excluding hydrogens is 472 g/mol. The average molecular weight is 503 g/mol. The molecule has 2 aromatic carbocycles. The smallest absolute Gasteiger partial charge is 0.254 e. The summed E-state index contributed by atoms with van der Waals surface area (Å²) in [6.07, 6.45) is 4.49. The van der Waals surface area contributed by atoms with Crippen LogP contribution in [0, 0.1) is 0 Å². The Bertz CT molecular complexity index is 1390. The highest BCUT2D eigenvalue weighted by Gasteiger charge is 2.24. The summed E-state index contributed by atoms with van der Waals surface area (Å²) in [6.45, 7) is 2.74. The van der Waals surface area contributed by atoms with Gasteiger partial charge in [-0.25, -0.2) is 4.98 Å². The Morgan fingerprint density at radius 2 is 1.70 bits per heavy atom. The van der Waals surface area contributed by atoms with Crippen molar-refractivity contribution in [2.75, 3.05) is 52.4 Å². The van der Waals surface area contributed by atoms with Crippen molar-refractivity contribution in [3.8, 4) is 28.4 Å². The zero-order valence-electron chi connectivity index (χ0n) is 21.3. The van der Waals surface area contributed by atoms with Gasteiger partial charge in [0.05, 0.1) is 27.8 Å². The number of aromatic nitrogens is 4. The summed E-state index contributed by atoms with van der Waals surface area (Å²) in [4.78, 5) is 26.2. The van der Waals surface area contributed by atoms with Crippen molar-refractivity contribution in [3.63, 3.8) is 0 Å². The molecule has 2 aromatic heterocycles. The molecule has 0 spiro atoms. The summed E-state index contributed by atoms with van der Waals surface area (Å²) >= 11 is 0. The number of hydrogen-bond acceptors (Lipinski definition) is 8. The molecule has 0 atom stereocenters. The van der Waals surface area contributed by atoms with Gasteiger partial charge in [-0.15, -0.1) is 0 Å². The fraction of sp³-hybridized carbons (Fsp3) is 0.333. The molecule has 1 aliphatic heterocycles. The molecule has 0 saturated carbocycles. The lowest BCUT2D eigenvalue weighted by Crippen LogP contribution is -2.36. The molecule has 1 fully saturated rings. The van der Waals surface area contributed by atoms with Crippen LogP contribution in [0.1, 0.15) is 12.0 Å². The highest BCUT2D eigenvalue weighted by molar-refractivity contribution is 5.80. The third kappa shape index (κ3) is 5.00. The molecule has 1 amide bonds. The van der Waals surface area contributed by atoms with E-state index in [-0.39, 0.29) is 5.91 Å². The Morgan fingerprint density at radius 3 is 2.46 bits per heavy atom. The second-order valence-corrected chi connectivity index (χ2v) is 8.78. The predicted octanol–water partition coefficient (Wildman–Crippen LogP) is 3.10. The third-order valence-corrected chi connectivity index (χ3v) is 6.63. The van der Waals surface area contributed by atoms with Gasteiger partial charge >= 0.3 is 0 Å². The summed E-state index contributed by atoms with van der Waals surface area (Å²) < 4.78 is 17.8. The largest absolute Gasteiger partial charge is 0.497 e. The van der Waals surface area contributed by atoms with E-state index in [0.29, 0.717) is 43.3 Å². The maximum atomic E-state index is 13.2. The monoisotopic (exact) mass is 502 g/mol. The number of nitrogens with zero attached hydrogens (tertiary/aromatic N) is 6. The molecule has 4 aromatic rings. The average Bonchev–Trinajstić information content (AvgIpc) is 3.29. The lowest BCUT2D eigenvalue weighted by molar-refractivity contribution is -0.130. The molecule has 1 saturated heterocycles. The van der Waals surface area contributed by atoms with Crippen LogP contribution in [0.25, 0.3) is 16.9 Å². The van der Waals surface area contributed by atoms with Gasteiger partial charge in [0.1, 0.15) is 17.9 Å². The number of hydrogen-bond donors (Lipinski definition) is 0. The minimum atomic E-state index is 0.0880. The van der Waals surface area contributed by atoms with Crippen LogP contribution in [0.2, 0.25) is 0 Å². The molecule has 0 aliphatic carbocycles. The first kappa shape index (κ1) is 24.4. The van der Waals surface area contributed by atoms with Gasteiger partial charge in [0, 0.05) is 37.9 Å². The van der Waals surface area contributed by atoms with Crippen LogP contribution in [0.15, 0.2) is 55.0 Å². The highest BCUT2D eigenvalue weighted by atomic mass is 16.5. The van der Waals surface area contributed by atoms with Gasteiger partial charge in [0.2, 0.25) is 5.91 Å². The van der Waals surface area contributed by atoms with E-state index in [0.717, 1.165) is 41.2 Å². The highest BCUT2D eigenvalue weighted by Crippen LogP contribution is 2.32. The SMILES string of the molecule is COc1ccc(-c2cnc3ncnn3c2N2CCCN(C(=O)Cc3ccc(OC)c(OC)c3)CC2)cc1. The van der Waals surface area contributed by atoms with E-state index in [2.05, 4.69) is 20.0 Å². The molecule has 0 radical (unpaired) electrons.